The summed E-state index contributed by atoms with van der Waals surface area (Å²) >= 11 is 11.6. The van der Waals surface area contributed by atoms with Crippen LogP contribution in [-0.4, -0.2) is 11.8 Å². The summed E-state index contributed by atoms with van der Waals surface area (Å²) in [6.07, 6.45) is 0. The Hall–Kier alpha value is -2.04. The highest BCUT2D eigenvalue weighted by Crippen LogP contribution is 2.20. The largest absolute Gasteiger partial charge is 0.399 e. The molecule has 2 aromatic rings. The normalized spacial score (nSPS) is 10.1. The second-order valence-electron chi connectivity index (χ2n) is 3.96. The molecule has 2 rings (SSSR count). The van der Waals surface area contributed by atoms with Gasteiger partial charge in [0.2, 0.25) is 0 Å². The van der Waals surface area contributed by atoms with Crippen LogP contribution in [0.25, 0.3) is 0 Å². The van der Waals surface area contributed by atoms with E-state index in [1.54, 1.807) is 0 Å². The van der Waals surface area contributed by atoms with Crippen LogP contribution in [0.3, 0.4) is 0 Å². The van der Waals surface area contributed by atoms with Crippen LogP contribution in [0.1, 0.15) is 20.7 Å². The van der Waals surface area contributed by atoms with Crippen LogP contribution >= 0.6 is 23.2 Å². The van der Waals surface area contributed by atoms with Crippen molar-refractivity contribution in [2.75, 3.05) is 5.73 Å². The van der Waals surface area contributed by atoms with Crippen molar-refractivity contribution in [2.45, 2.75) is 0 Å². The van der Waals surface area contributed by atoms with E-state index in [1.165, 1.54) is 36.4 Å². The van der Waals surface area contributed by atoms with E-state index in [1.807, 2.05) is 0 Å². The van der Waals surface area contributed by atoms with Gasteiger partial charge in [-0.1, -0.05) is 23.2 Å². The quantitative estimate of drug-likeness (QED) is 0.662. The molecule has 3 N–H and O–H groups in total. The van der Waals surface area contributed by atoms with E-state index in [-0.39, 0.29) is 16.1 Å². The predicted octanol–water partition coefficient (Wildman–Crippen LogP) is 2.95. The molecule has 0 saturated carbocycles. The molecule has 0 fully saturated rings. The lowest BCUT2D eigenvalue weighted by Crippen LogP contribution is -2.30. The zero-order valence-electron chi connectivity index (χ0n) is 10.1. The molecule has 0 aliphatic carbocycles. The first kappa shape index (κ1) is 14.4. The molecule has 101 valence electrons. The highest BCUT2D eigenvalue weighted by molar-refractivity contribution is 6.37. The monoisotopic (exact) mass is 307 g/mol. The molecule has 0 aliphatic heterocycles. The highest BCUT2D eigenvalue weighted by atomic mass is 35.5. The maximum atomic E-state index is 11.9. The molecule has 0 spiro atoms. The molecule has 20 heavy (non-hydrogen) atoms. The van der Waals surface area contributed by atoms with Gasteiger partial charge < -0.3 is 5.73 Å². The smallest absolute Gasteiger partial charge is 0.259 e. The number of amides is 2. The fourth-order valence-corrected chi connectivity index (χ4v) is 2.03. The van der Waals surface area contributed by atoms with Crippen LogP contribution < -0.4 is 11.1 Å². The molecule has 0 aromatic heterocycles. The van der Waals surface area contributed by atoms with E-state index in [2.05, 4.69) is 11.4 Å². The number of hydrogen-bond donors (Lipinski definition) is 2. The summed E-state index contributed by atoms with van der Waals surface area (Å²) in [7, 11) is 0. The van der Waals surface area contributed by atoms with Gasteiger partial charge in [-0.15, -0.1) is 0 Å². The van der Waals surface area contributed by atoms with E-state index in [4.69, 9.17) is 28.9 Å². The third-order valence-electron chi connectivity index (χ3n) is 2.48. The van der Waals surface area contributed by atoms with Gasteiger partial charge in [0.1, 0.15) is 0 Å². The minimum absolute atomic E-state index is 0.164. The van der Waals surface area contributed by atoms with Crippen LogP contribution in [0.15, 0.2) is 36.4 Å². The standard InChI is InChI=1S/C14H9Cl2N2O2/c15-9-4-5-11(12(16)7-9)14(20)18-13(19)8-2-1-3-10(17)6-8/h2-7H,17H2,(H,18,19,20). The number of halogens is 2. The molecule has 0 saturated heterocycles. The summed E-state index contributed by atoms with van der Waals surface area (Å²) in [4.78, 5) is 23.8. The van der Waals surface area contributed by atoms with Gasteiger partial charge in [-0.25, -0.2) is 0 Å². The van der Waals surface area contributed by atoms with Crippen LogP contribution in [0.4, 0.5) is 5.69 Å². The molecule has 0 unspecified atom stereocenters. The number of carbonyl (C=O) groups is 2. The molecule has 0 bridgehead atoms. The van der Waals surface area contributed by atoms with Crippen molar-refractivity contribution >= 4 is 40.7 Å². The van der Waals surface area contributed by atoms with Crippen molar-refractivity contribution in [1.82, 2.24) is 5.32 Å². The Labute approximate surface area is 125 Å². The molecule has 4 nitrogen and oxygen atoms in total. The first-order chi connectivity index (χ1) is 9.47. The van der Waals surface area contributed by atoms with Gasteiger partial charge in [0.15, 0.2) is 0 Å². The summed E-state index contributed by atoms with van der Waals surface area (Å²) in [5.74, 6) is -1.19. The van der Waals surface area contributed by atoms with Gasteiger partial charge in [0.25, 0.3) is 11.8 Å². The zero-order chi connectivity index (χ0) is 14.7. The number of rotatable bonds is 2. The number of imide groups is 1. The molecule has 1 radical (unpaired) electrons. The minimum Gasteiger partial charge on any atom is -0.399 e. The first-order valence-corrected chi connectivity index (χ1v) is 6.30. The van der Waals surface area contributed by atoms with Crippen molar-refractivity contribution in [1.29, 1.82) is 0 Å². The van der Waals surface area contributed by atoms with Gasteiger partial charge in [0.05, 0.1) is 10.6 Å². The van der Waals surface area contributed by atoms with Crippen LogP contribution in [0.2, 0.25) is 10.0 Å². The van der Waals surface area contributed by atoms with Gasteiger partial charge >= 0.3 is 0 Å². The van der Waals surface area contributed by atoms with Crippen LogP contribution in [-0.2, 0) is 0 Å². The molecule has 0 atom stereocenters. The fraction of sp³-hybridized carbons (Fsp3) is 0. The van der Waals surface area contributed by atoms with Gasteiger partial charge in [0, 0.05) is 16.3 Å². The van der Waals surface area contributed by atoms with Gasteiger partial charge in [-0.2, -0.15) is 0 Å². The lowest BCUT2D eigenvalue weighted by Gasteiger charge is -2.06. The lowest BCUT2D eigenvalue weighted by molar-refractivity contribution is 0.0849. The van der Waals surface area contributed by atoms with E-state index in [9.17, 15) is 9.59 Å². The van der Waals surface area contributed by atoms with E-state index < -0.39 is 11.8 Å². The van der Waals surface area contributed by atoms with Crippen LogP contribution in [0.5, 0.6) is 0 Å². The number of anilines is 1. The Bertz CT molecular complexity index is 687. The maximum Gasteiger partial charge on any atom is 0.259 e. The Morgan fingerprint density at radius 2 is 1.85 bits per heavy atom. The van der Waals surface area contributed by atoms with Gasteiger partial charge in [-0.05, 0) is 42.5 Å². The zero-order valence-corrected chi connectivity index (χ0v) is 11.6. The SMILES string of the molecule is Nc1c[c]cc(C(=O)NC(=O)c2ccc(Cl)cc2Cl)c1. The van der Waals surface area contributed by atoms with Crippen molar-refractivity contribution in [2.24, 2.45) is 0 Å². The lowest BCUT2D eigenvalue weighted by atomic mass is 10.1. The molecule has 0 heterocycles. The van der Waals surface area contributed by atoms with E-state index in [0.29, 0.717) is 10.7 Å². The predicted molar refractivity (Wildman–Crippen MR) is 77.9 cm³/mol. The van der Waals surface area contributed by atoms with Crippen molar-refractivity contribution in [3.05, 3.63) is 63.6 Å². The van der Waals surface area contributed by atoms with Crippen molar-refractivity contribution < 1.29 is 9.59 Å². The summed E-state index contributed by atoms with van der Waals surface area (Å²) in [6.45, 7) is 0. The third kappa shape index (κ3) is 3.29. The second-order valence-corrected chi connectivity index (χ2v) is 4.81. The Morgan fingerprint density at radius 1 is 1.10 bits per heavy atom. The number of nitrogens with two attached hydrogens (primary N) is 1. The topological polar surface area (TPSA) is 72.2 Å². The number of benzene rings is 2. The number of hydrogen-bond acceptors (Lipinski definition) is 3. The summed E-state index contributed by atoms with van der Waals surface area (Å²) in [6, 6.07) is 11.5. The Balaban J connectivity index is 2.17. The average Bonchev–Trinajstić information content (AvgIpc) is 2.38. The Morgan fingerprint density at radius 3 is 2.50 bits per heavy atom. The number of nitrogens with one attached hydrogen (secondary N) is 1. The van der Waals surface area contributed by atoms with Gasteiger partial charge in [-0.3, -0.25) is 14.9 Å². The fourth-order valence-electron chi connectivity index (χ4n) is 1.54. The van der Waals surface area contributed by atoms with E-state index >= 15 is 0 Å². The van der Waals surface area contributed by atoms with E-state index in [0.717, 1.165) is 0 Å². The minimum atomic E-state index is -0.612. The molecular formula is C14H9Cl2N2O2. The van der Waals surface area contributed by atoms with Crippen molar-refractivity contribution in [3.8, 4) is 0 Å². The average molecular weight is 308 g/mol. The first-order valence-electron chi connectivity index (χ1n) is 5.54. The second kappa shape index (κ2) is 5.94. The third-order valence-corrected chi connectivity index (χ3v) is 3.02. The number of carbonyl (C=O) groups excluding carboxylic acids is 2. The summed E-state index contributed by atoms with van der Waals surface area (Å²) < 4.78 is 0. The molecule has 2 amide bonds. The molecule has 6 heteroatoms. The maximum absolute atomic E-state index is 11.9. The molecular weight excluding hydrogens is 299 g/mol. The number of nitrogen functional groups attached to an aromatic ring is 1. The van der Waals surface area contributed by atoms with Crippen molar-refractivity contribution in [3.63, 3.8) is 0 Å². The molecule has 0 aliphatic rings. The van der Waals surface area contributed by atoms with Crippen LogP contribution in [0, 0.1) is 6.07 Å². The summed E-state index contributed by atoms with van der Waals surface area (Å²) in [5, 5.41) is 2.79. The Kier molecular flexibility index (Phi) is 4.27. The molecule has 2 aromatic carbocycles. The summed E-state index contributed by atoms with van der Waals surface area (Å²) in [5.41, 5.74) is 6.33. The highest BCUT2D eigenvalue weighted by Gasteiger charge is 2.15.